The first-order valence-electron chi connectivity index (χ1n) is 8.54. The molecule has 128 valence electrons. The highest BCUT2D eigenvalue weighted by Crippen LogP contribution is 2.21. The van der Waals surface area contributed by atoms with Gasteiger partial charge in [0.1, 0.15) is 6.54 Å². The fourth-order valence-corrected chi connectivity index (χ4v) is 2.95. The summed E-state index contributed by atoms with van der Waals surface area (Å²) in [4.78, 5) is 0. The van der Waals surface area contributed by atoms with Gasteiger partial charge < -0.3 is 26.6 Å². The maximum atomic E-state index is 9.89. The maximum Gasteiger partial charge on any atom is 0.104 e. The minimum absolute atomic E-state index is 0. The van der Waals surface area contributed by atoms with Gasteiger partial charge in [-0.15, -0.1) is 0 Å². The predicted octanol–water partition coefficient (Wildman–Crippen LogP) is 1.68. The summed E-state index contributed by atoms with van der Waals surface area (Å²) in [6, 6.07) is 8.29. The van der Waals surface area contributed by atoms with Crippen LogP contribution in [0, 0.1) is 0 Å². The molecule has 0 bridgehead atoms. The molecule has 22 heavy (non-hydrogen) atoms. The zero-order chi connectivity index (χ0) is 15.7. The van der Waals surface area contributed by atoms with E-state index in [2.05, 4.69) is 33.2 Å². The van der Waals surface area contributed by atoms with Crippen LogP contribution in [0.3, 0.4) is 0 Å². The number of nitrogens with zero attached hydrogens (tertiary/aromatic N) is 1. The van der Waals surface area contributed by atoms with E-state index in [0.717, 1.165) is 16.6 Å². The predicted molar refractivity (Wildman–Crippen MR) is 91.1 cm³/mol. The molecule has 0 aromatic heterocycles. The summed E-state index contributed by atoms with van der Waals surface area (Å²) in [6.07, 6.45) is 7.72. The number of benzene rings is 1. The van der Waals surface area contributed by atoms with Crippen LogP contribution in [0.1, 0.15) is 69.6 Å². The lowest BCUT2D eigenvalue weighted by atomic mass is 10.0. The molecule has 0 heterocycles. The highest BCUT2D eigenvalue weighted by Gasteiger charge is 2.18. The van der Waals surface area contributed by atoms with Crippen molar-refractivity contribution in [1.82, 2.24) is 0 Å². The van der Waals surface area contributed by atoms with Crippen LogP contribution in [0.25, 0.3) is 0 Å². The van der Waals surface area contributed by atoms with Crippen molar-refractivity contribution in [3.63, 3.8) is 0 Å². The van der Waals surface area contributed by atoms with Crippen molar-refractivity contribution < 1.29 is 26.6 Å². The smallest absolute Gasteiger partial charge is 0.104 e. The highest BCUT2D eigenvalue weighted by molar-refractivity contribution is 5.28. The molecule has 0 aliphatic carbocycles. The Balaban J connectivity index is 0.00000441. The van der Waals surface area contributed by atoms with E-state index in [1.165, 1.54) is 50.6 Å². The molecule has 0 aliphatic rings. The Labute approximate surface area is 147 Å². The normalized spacial score (nSPS) is 12.8. The first-order valence-corrected chi connectivity index (χ1v) is 8.54. The van der Waals surface area contributed by atoms with Gasteiger partial charge in [-0.1, -0.05) is 56.9 Å². The van der Waals surface area contributed by atoms with E-state index in [-0.39, 0.29) is 23.1 Å². The number of quaternary nitrogens is 1. The van der Waals surface area contributed by atoms with E-state index in [1.807, 2.05) is 19.1 Å². The molecule has 1 aromatic rings. The quantitative estimate of drug-likeness (QED) is 0.490. The summed E-state index contributed by atoms with van der Waals surface area (Å²) in [5.41, 5.74) is 2.36. The Bertz CT molecular complexity index is 404. The van der Waals surface area contributed by atoms with Crippen LogP contribution in [0.2, 0.25) is 0 Å². The second-order valence-corrected chi connectivity index (χ2v) is 6.96. The van der Waals surface area contributed by atoms with Gasteiger partial charge in [-0.3, -0.25) is 0 Å². The molecule has 0 saturated carbocycles. The van der Waals surface area contributed by atoms with Crippen molar-refractivity contribution in [3.05, 3.63) is 35.4 Å². The molecule has 1 atom stereocenters. The monoisotopic (exact) mass is 371 g/mol. The lowest BCUT2D eigenvalue weighted by molar-refractivity contribution is -0.903. The molecule has 0 aliphatic heterocycles. The van der Waals surface area contributed by atoms with Crippen molar-refractivity contribution >= 4 is 0 Å². The Morgan fingerprint density at radius 3 is 2.23 bits per heavy atom. The van der Waals surface area contributed by atoms with E-state index < -0.39 is 0 Å². The number of hydrogen-bond donors (Lipinski definition) is 1. The van der Waals surface area contributed by atoms with Crippen molar-refractivity contribution in [2.24, 2.45) is 0 Å². The first-order chi connectivity index (χ1) is 9.96. The van der Waals surface area contributed by atoms with Crippen LogP contribution in [0.4, 0.5) is 0 Å². The van der Waals surface area contributed by atoms with E-state index in [0.29, 0.717) is 0 Å². The highest BCUT2D eigenvalue weighted by atomic mass is 79.9. The molecule has 3 heteroatoms. The number of aliphatic hydroxyl groups excluding tert-OH is 1. The summed E-state index contributed by atoms with van der Waals surface area (Å²) in [7, 11) is 4.59. The van der Waals surface area contributed by atoms with Gasteiger partial charge >= 0.3 is 0 Å². The van der Waals surface area contributed by atoms with Gasteiger partial charge in [0.25, 0.3) is 0 Å². The van der Waals surface area contributed by atoms with Crippen LogP contribution in [0.15, 0.2) is 24.3 Å². The molecule has 0 fully saturated rings. The largest absolute Gasteiger partial charge is 1.00 e. The Kier molecular flexibility index (Phi) is 11.0. The number of unbranched alkanes of at least 4 members (excludes halogenated alkanes) is 5. The molecule has 0 radical (unpaired) electrons. The third-order valence-corrected chi connectivity index (χ3v) is 4.22. The number of hydrogen-bond acceptors (Lipinski definition) is 1. The molecular formula is C19H34BrNO. The second kappa shape index (κ2) is 11.2. The zero-order valence-electron chi connectivity index (χ0n) is 14.8. The van der Waals surface area contributed by atoms with Gasteiger partial charge in [-0.05, 0) is 25.3 Å². The summed E-state index contributed by atoms with van der Waals surface area (Å²) >= 11 is 0. The minimum Gasteiger partial charge on any atom is -1.00 e. The number of rotatable bonds is 10. The maximum absolute atomic E-state index is 9.89. The Morgan fingerprint density at radius 2 is 1.59 bits per heavy atom. The summed E-state index contributed by atoms with van der Waals surface area (Å²) < 4.78 is 0.998. The molecule has 1 N–H and O–H groups in total. The summed E-state index contributed by atoms with van der Waals surface area (Å²) in [5, 5.41) is 9.89. The van der Waals surface area contributed by atoms with E-state index in [4.69, 9.17) is 0 Å². The first kappa shape index (κ1) is 21.6. The standard InChI is InChI=1S/C19H34NO.BrH/c1-5-6-7-8-9-12-15-20(3,4)16-18-13-10-11-14-19(18)17(2)21;/h10-11,13-14,17,21H,5-9,12,15-16H2,1-4H3;1H/q+1;/p-1. The van der Waals surface area contributed by atoms with Crippen molar-refractivity contribution in [3.8, 4) is 0 Å². The van der Waals surface area contributed by atoms with Crippen LogP contribution in [0.5, 0.6) is 0 Å². The van der Waals surface area contributed by atoms with Gasteiger partial charge in [-0.2, -0.15) is 0 Å². The zero-order valence-corrected chi connectivity index (χ0v) is 16.4. The van der Waals surface area contributed by atoms with Crippen molar-refractivity contribution in [1.29, 1.82) is 0 Å². The summed E-state index contributed by atoms with van der Waals surface area (Å²) in [6.45, 7) is 6.32. The third-order valence-electron chi connectivity index (χ3n) is 4.22. The molecule has 1 rings (SSSR count). The van der Waals surface area contributed by atoms with Crippen LogP contribution in [-0.4, -0.2) is 30.2 Å². The molecule has 2 nitrogen and oxygen atoms in total. The number of aliphatic hydroxyl groups is 1. The summed E-state index contributed by atoms with van der Waals surface area (Å²) in [5.74, 6) is 0. The Hall–Kier alpha value is -0.380. The van der Waals surface area contributed by atoms with E-state index >= 15 is 0 Å². The average Bonchev–Trinajstić information content (AvgIpc) is 2.42. The van der Waals surface area contributed by atoms with Crippen LogP contribution in [-0.2, 0) is 6.54 Å². The third kappa shape index (κ3) is 8.30. The second-order valence-electron chi connectivity index (χ2n) is 6.96. The van der Waals surface area contributed by atoms with Crippen LogP contribution < -0.4 is 17.0 Å². The molecule has 0 spiro atoms. The van der Waals surface area contributed by atoms with Gasteiger partial charge in [0.15, 0.2) is 0 Å². The number of halogens is 1. The Morgan fingerprint density at radius 1 is 1.00 bits per heavy atom. The van der Waals surface area contributed by atoms with Crippen LogP contribution >= 0.6 is 0 Å². The fraction of sp³-hybridized carbons (Fsp3) is 0.684. The lowest BCUT2D eigenvalue weighted by Gasteiger charge is -2.31. The molecule has 1 unspecified atom stereocenters. The topological polar surface area (TPSA) is 20.2 Å². The van der Waals surface area contributed by atoms with E-state index in [1.54, 1.807) is 0 Å². The lowest BCUT2D eigenvalue weighted by Crippen LogP contribution is -3.00. The van der Waals surface area contributed by atoms with E-state index in [9.17, 15) is 5.11 Å². The fourth-order valence-electron chi connectivity index (χ4n) is 2.95. The molecule has 0 amide bonds. The van der Waals surface area contributed by atoms with Crippen molar-refractivity contribution in [2.75, 3.05) is 20.6 Å². The molecule has 1 aromatic carbocycles. The minimum atomic E-state index is -0.379. The van der Waals surface area contributed by atoms with Gasteiger partial charge in [0, 0.05) is 5.56 Å². The molecular weight excluding hydrogens is 338 g/mol. The SMILES string of the molecule is CCCCCCCC[N+](C)(C)Cc1ccccc1C(C)O.[Br-]. The molecule has 0 saturated heterocycles. The van der Waals surface area contributed by atoms with Gasteiger partial charge in [-0.25, -0.2) is 0 Å². The average molecular weight is 372 g/mol. The van der Waals surface area contributed by atoms with Gasteiger partial charge in [0.2, 0.25) is 0 Å². The van der Waals surface area contributed by atoms with Gasteiger partial charge in [0.05, 0.1) is 26.7 Å². The van der Waals surface area contributed by atoms with Crippen molar-refractivity contribution in [2.45, 2.75) is 65.0 Å².